The van der Waals surface area contributed by atoms with E-state index in [0.717, 1.165) is 23.6 Å². The standard InChI is InChI=1S/C14H22N4OS/c1-9(2)12-6-10(7-13(16-12)17-15)14(19)18(3)11-4-5-20-8-11/h6-7,9,11H,4-5,8,15H2,1-3H3,(H,16,17). The van der Waals surface area contributed by atoms with E-state index in [0.29, 0.717) is 17.4 Å². The van der Waals surface area contributed by atoms with Crippen LogP contribution in [0.25, 0.3) is 0 Å². The molecule has 0 saturated carbocycles. The SMILES string of the molecule is CC(C)c1cc(C(=O)N(C)C2CCSC2)cc(NN)n1. The van der Waals surface area contributed by atoms with Crippen LogP contribution in [0.4, 0.5) is 5.82 Å². The molecule has 0 bridgehead atoms. The van der Waals surface area contributed by atoms with Crippen LogP contribution in [0.15, 0.2) is 12.1 Å². The first-order chi connectivity index (χ1) is 9.52. The summed E-state index contributed by atoms with van der Waals surface area (Å²) in [7, 11) is 1.88. The molecule has 0 radical (unpaired) electrons. The number of hydrogen-bond acceptors (Lipinski definition) is 5. The molecule has 1 amide bonds. The zero-order valence-electron chi connectivity index (χ0n) is 12.2. The van der Waals surface area contributed by atoms with Gasteiger partial charge in [0.2, 0.25) is 0 Å². The number of thioether (sulfide) groups is 1. The highest BCUT2D eigenvalue weighted by Gasteiger charge is 2.25. The number of anilines is 1. The topological polar surface area (TPSA) is 71.2 Å². The van der Waals surface area contributed by atoms with E-state index in [1.54, 1.807) is 6.07 Å². The monoisotopic (exact) mass is 294 g/mol. The average Bonchev–Trinajstić information content (AvgIpc) is 2.99. The van der Waals surface area contributed by atoms with Gasteiger partial charge in [-0.05, 0) is 30.2 Å². The minimum Gasteiger partial charge on any atom is -0.338 e. The molecule has 0 spiro atoms. The highest BCUT2D eigenvalue weighted by atomic mass is 32.2. The van der Waals surface area contributed by atoms with Crippen LogP contribution >= 0.6 is 11.8 Å². The Kier molecular flexibility index (Phi) is 4.88. The van der Waals surface area contributed by atoms with Gasteiger partial charge in [0.15, 0.2) is 0 Å². The fraction of sp³-hybridized carbons (Fsp3) is 0.571. The molecular weight excluding hydrogens is 272 g/mol. The first-order valence-corrected chi connectivity index (χ1v) is 8.02. The van der Waals surface area contributed by atoms with E-state index < -0.39 is 0 Å². The molecule has 110 valence electrons. The maximum absolute atomic E-state index is 12.6. The van der Waals surface area contributed by atoms with Crippen molar-refractivity contribution in [2.45, 2.75) is 32.2 Å². The quantitative estimate of drug-likeness (QED) is 0.657. The number of nitrogens with two attached hydrogens (primary N) is 1. The van der Waals surface area contributed by atoms with Crippen molar-refractivity contribution in [3.63, 3.8) is 0 Å². The zero-order chi connectivity index (χ0) is 14.7. The lowest BCUT2D eigenvalue weighted by molar-refractivity contribution is 0.0747. The summed E-state index contributed by atoms with van der Waals surface area (Å²) in [5, 5.41) is 0. The van der Waals surface area contributed by atoms with Gasteiger partial charge in [0.1, 0.15) is 5.82 Å². The number of nitrogens with one attached hydrogen (secondary N) is 1. The van der Waals surface area contributed by atoms with Crippen LogP contribution in [0.5, 0.6) is 0 Å². The summed E-state index contributed by atoms with van der Waals surface area (Å²) in [6, 6.07) is 3.91. The second-order valence-corrected chi connectivity index (χ2v) is 6.55. The van der Waals surface area contributed by atoms with Crippen LogP contribution in [-0.2, 0) is 0 Å². The lowest BCUT2D eigenvalue weighted by Crippen LogP contribution is -2.37. The second-order valence-electron chi connectivity index (χ2n) is 5.40. The number of aromatic nitrogens is 1. The Hall–Kier alpha value is -1.27. The van der Waals surface area contributed by atoms with Gasteiger partial charge in [-0.3, -0.25) is 4.79 Å². The number of nitrogens with zero attached hydrogens (tertiary/aromatic N) is 2. The summed E-state index contributed by atoms with van der Waals surface area (Å²) in [6.07, 6.45) is 1.07. The number of rotatable bonds is 4. The van der Waals surface area contributed by atoms with Crippen molar-refractivity contribution < 1.29 is 4.79 Å². The molecule has 1 aromatic heterocycles. The third-order valence-corrected chi connectivity index (χ3v) is 4.75. The third kappa shape index (κ3) is 3.24. The average molecular weight is 294 g/mol. The van der Waals surface area contributed by atoms with Gasteiger partial charge in [-0.2, -0.15) is 11.8 Å². The molecule has 1 atom stereocenters. The highest BCUT2D eigenvalue weighted by molar-refractivity contribution is 7.99. The van der Waals surface area contributed by atoms with E-state index in [4.69, 9.17) is 5.84 Å². The van der Waals surface area contributed by atoms with Crippen molar-refractivity contribution in [1.82, 2.24) is 9.88 Å². The molecule has 6 heteroatoms. The Balaban J connectivity index is 2.26. The number of hydrogen-bond donors (Lipinski definition) is 2. The van der Waals surface area contributed by atoms with Gasteiger partial charge >= 0.3 is 0 Å². The fourth-order valence-electron chi connectivity index (χ4n) is 2.24. The summed E-state index contributed by atoms with van der Waals surface area (Å²) in [4.78, 5) is 18.8. The summed E-state index contributed by atoms with van der Waals surface area (Å²) in [6.45, 7) is 4.10. The first-order valence-electron chi connectivity index (χ1n) is 6.86. The second kappa shape index (κ2) is 6.45. The number of hydrazine groups is 1. The maximum Gasteiger partial charge on any atom is 0.254 e. The van der Waals surface area contributed by atoms with Crippen molar-refractivity contribution >= 4 is 23.5 Å². The number of nitrogen functional groups attached to an aromatic ring is 1. The lowest BCUT2D eigenvalue weighted by Gasteiger charge is -2.24. The molecule has 1 aromatic rings. The van der Waals surface area contributed by atoms with E-state index in [9.17, 15) is 4.79 Å². The molecule has 5 nitrogen and oxygen atoms in total. The van der Waals surface area contributed by atoms with Crippen LogP contribution < -0.4 is 11.3 Å². The van der Waals surface area contributed by atoms with Gasteiger partial charge in [0, 0.05) is 30.1 Å². The molecule has 3 N–H and O–H groups in total. The van der Waals surface area contributed by atoms with Gasteiger partial charge in [0.05, 0.1) is 0 Å². The van der Waals surface area contributed by atoms with Gasteiger partial charge in [-0.25, -0.2) is 10.8 Å². The molecule has 1 aliphatic heterocycles. The molecular formula is C14H22N4OS. The van der Waals surface area contributed by atoms with Crippen molar-refractivity contribution in [3.05, 3.63) is 23.4 Å². The highest BCUT2D eigenvalue weighted by Crippen LogP contribution is 2.24. The van der Waals surface area contributed by atoms with E-state index in [2.05, 4.69) is 10.4 Å². The molecule has 1 saturated heterocycles. The lowest BCUT2D eigenvalue weighted by atomic mass is 10.1. The number of amides is 1. The number of carbonyl (C=O) groups is 1. The minimum atomic E-state index is 0.0401. The summed E-state index contributed by atoms with van der Waals surface area (Å²) in [5.74, 6) is 8.42. The Labute approximate surface area is 124 Å². The van der Waals surface area contributed by atoms with Gasteiger partial charge in [-0.15, -0.1) is 0 Å². The van der Waals surface area contributed by atoms with Crippen LogP contribution in [0.1, 0.15) is 42.2 Å². The van der Waals surface area contributed by atoms with E-state index in [1.807, 2.05) is 43.6 Å². The predicted molar refractivity (Wildman–Crippen MR) is 84.0 cm³/mol. The maximum atomic E-state index is 12.6. The van der Waals surface area contributed by atoms with E-state index in [1.165, 1.54) is 0 Å². The fourth-order valence-corrected chi connectivity index (χ4v) is 3.51. The zero-order valence-corrected chi connectivity index (χ0v) is 13.0. The first kappa shape index (κ1) is 15.1. The summed E-state index contributed by atoms with van der Waals surface area (Å²) < 4.78 is 0. The van der Waals surface area contributed by atoms with Crippen molar-refractivity contribution in [3.8, 4) is 0 Å². The van der Waals surface area contributed by atoms with E-state index in [-0.39, 0.29) is 11.8 Å². The molecule has 20 heavy (non-hydrogen) atoms. The van der Waals surface area contributed by atoms with Crippen molar-refractivity contribution in [1.29, 1.82) is 0 Å². The molecule has 1 aliphatic rings. The molecule has 2 rings (SSSR count). The van der Waals surface area contributed by atoms with Crippen molar-refractivity contribution in [2.24, 2.45) is 5.84 Å². The minimum absolute atomic E-state index is 0.0401. The predicted octanol–water partition coefficient (Wildman–Crippen LogP) is 2.07. The normalized spacial score (nSPS) is 18.4. The summed E-state index contributed by atoms with van der Waals surface area (Å²) in [5.41, 5.74) is 4.06. The number of carbonyl (C=O) groups excluding carboxylic acids is 1. The Morgan fingerprint density at radius 3 is 2.85 bits per heavy atom. The van der Waals surface area contributed by atoms with Crippen LogP contribution in [0.2, 0.25) is 0 Å². The number of pyridine rings is 1. The van der Waals surface area contributed by atoms with Gasteiger partial charge in [-0.1, -0.05) is 13.8 Å². The molecule has 1 fully saturated rings. The molecule has 0 aromatic carbocycles. The van der Waals surface area contributed by atoms with Crippen LogP contribution in [0, 0.1) is 0 Å². The van der Waals surface area contributed by atoms with E-state index >= 15 is 0 Å². The molecule has 2 heterocycles. The largest absolute Gasteiger partial charge is 0.338 e. The summed E-state index contributed by atoms with van der Waals surface area (Å²) >= 11 is 1.90. The Morgan fingerprint density at radius 1 is 1.55 bits per heavy atom. The molecule has 0 aliphatic carbocycles. The van der Waals surface area contributed by atoms with Crippen LogP contribution in [-0.4, -0.2) is 40.4 Å². The Morgan fingerprint density at radius 2 is 2.30 bits per heavy atom. The van der Waals surface area contributed by atoms with Gasteiger partial charge in [0.25, 0.3) is 5.91 Å². The van der Waals surface area contributed by atoms with Gasteiger partial charge < -0.3 is 10.3 Å². The van der Waals surface area contributed by atoms with Crippen molar-refractivity contribution in [2.75, 3.05) is 24.0 Å². The van der Waals surface area contributed by atoms with Crippen LogP contribution in [0.3, 0.4) is 0 Å². The Bertz CT molecular complexity index is 486. The smallest absolute Gasteiger partial charge is 0.254 e. The third-order valence-electron chi connectivity index (χ3n) is 3.61. The molecule has 1 unspecified atom stereocenters.